The van der Waals surface area contributed by atoms with E-state index in [9.17, 15) is 4.79 Å². The number of rotatable bonds is 4. The summed E-state index contributed by atoms with van der Waals surface area (Å²) < 4.78 is 5.16. The number of nitrogens with one attached hydrogen (secondary N) is 1. The van der Waals surface area contributed by atoms with Gasteiger partial charge in [0.1, 0.15) is 16.7 Å². The molecule has 1 N–H and O–H groups in total. The van der Waals surface area contributed by atoms with E-state index >= 15 is 0 Å². The molecule has 0 amide bonds. The fourth-order valence-corrected chi connectivity index (χ4v) is 2.92. The minimum absolute atomic E-state index is 0.117. The molecule has 0 radical (unpaired) electrons. The van der Waals surface area contributed by atoms with E-state index in [1.165, 1.54) is 24.8 Å². The van der Waals surface area contributed by atoms with Crippen molar-refractivity contribution in [2.75, 3.05) is 19.1 Å². The Balaban J connectivity index is 1.97. The van der Waals surface area contributed by atoms with E-state index in [0.717, 1.165) is 10.3 Å². The molecule has 3 aromatic heterocycles. The first-order valence-electron chi connectivity index (χ1n) is 6.62. The third-order valence-corrected chi connectivity index (χ3v) is 4.12. The fraction of sp³-hybridized carbons (Fsp3) is 0.286. The van der Waals surface area contributed by atoms with E-state index in [1.807, 2.05) is 11.9 Å². The fourth-order valence-electron chi connectivity index (χ4n) is 2.30. The van der Waals surface area contributed by atoms with Gasteiger partial charge >= 0.3 is 0 Å². The van der Waals surface area contributed by atoms with E-state index in [1.54, 1.807) is 18.6 Å². The summed E-state index contributed by atoms with van der Waals surface area (Å²) >= 11 is 1.46. The van der Waals surface area contributed by atoms with E-state index in [-0.39, 0.29) is 5.43 Å². The van der Waals surface area contributed by atoms with Crippen LogP contribution in [0.3, 0.4) is 0 Å². The lowest BCUT2D eigenvalue weighted by atomic mass is 10.2. The third kappa shape index (κ3) is 2.41. The molecule has 7 nitrogen and oxygen atoms in total. The molecule has 0 unspecified atom stereocenters. The Morgan fingerprint density at radius 1 is 1.36 bits per heavy atom. The molecule has 8 heteroatoms. The molecule has 0 atom stereocenters. The lowest BCUT2D eigenvalue weighted by molar-refractivity contribution is 0.404. The van der Waals surface area contributed by atoms with E-state index in [4.69, 9.17) is 4.74 Å². The number of aromatic nitrogens is 4. The molecule has 3 heterocycles. The Kier molecular flexibility index (Phi) is 3.76. The second kappa shape index (κ2) is 5.72. The highest BCUT2D eigenvalue weighted by atomic mass is 32.1. The third-order valence-electron chi connectivity index (χ3n) is 3.39. The van der Waals surface area contributed by atoms with Crippen molar-refractivity contribution in [3.63, 3.8) is 0 Å². The first-order valence-corrected chi connectivity index (χ1v) is 7.50. The van der Waals surface area contributed by atoms with Crippen molar-refractivity contribution < 1.29 is 4.74 Å². The normalized spacial score (nSPS) is 10.9. The van der Waals surface area contributed by atoms with E-state index in [2.05, 4.69) is 19.9 Å². The first-order chi connectivity index (χ1) is 10.6. The quantitative estimate of drug-likeness (QED) is 0.789. The van der Waals surface area contributed by atoms with E-state index in [0.29, 0.717) is 29.4 Å². The topological polar surface area (TPSA) is 84.0 Å². The molecule has 0 aliphatic heterocycles. The van der Waals surface area contributed by atoms with Gasteiger partial charge < -0.3 is 14.6 Å². The largest absolute Gasteiger partial charge is 0.491 e. The number of hydrogen-bond acceptors (Lipinski definition) is 7. The molecule has 0 saturated heterocycles. The molecule has 0 fully saturated rings. The minimum Gasteiger partial charge on any atom is -0.491 e. The van der Waals surface area contributed by atoms with Crippen LogP contribution in [0.5, 0.6) is 5.75 Å². The summed E-state index contributed by atoms with van der Waals surface area (Å²) in [7, 11) is 3.36. The number of fused-ring (bicyclic) bond motifs is 1. The van der Waals surface area contributed by atoms with Crippen molar-refractivity contribution in [1.82, 2.24) is 19.9 Å². The predicted octanol–water partition coefficient (Wildman–Crippen LogP) is 1.73. The van der Waals surface area contributed by atoms with Crippen LogP contribution in [-0.4, -0.2) is 34.1 Å². The summed E-state index contributed by atoms with van der Waals surface area (Å²) in [5.74, 6) is 1.04. The van der Waals surface area contributed by atoms with E-state index < -0.39 is 0 Å². The van der Waals surface area contributed by atoms with Crippen LogP contribution in [-0.2, 0) is 6.54 Å². The van der Waals surface area contributed by atoms with Crippen molar-refractivity contribution in [2.45, 2.75) is 13.5 Å². The van der Waals surface area contributed by atoms with Gasteiger partial charge in [-0.3, -0.25) is 4.79 Å². The van der Waals surface area contributed by atoms with Gasteiger partial charge in [0, 0.05) is 25.4 Å². The molecule has 3 rings (SSSR count). The molecule has 114 valence electrons. The predicted molar refractivity (Wildman–Crippen MR) is 85.7 cm³/mol. The van der Waals surface area contributed by atoms with Crippen LogP contribution in [0.4, 0.5) is 5.82 Å². The van der Waals surface area contributed by atoms with Crippen LogP contribution in [0.1, 0.15) is 11.3 Å². The van der Waals surface area contributed by atoms with Gasteiger partial charge in [-0.15, -0.1) is 11.3 Å². The Morgan fingerprint density at radius 2 is 2.18 bits per heavy atom. The number of aryl methyl sites for hydroxylation is 1. The average molecular weight is 317 g/mol. The Hall–Kier alpha value is -2.48. The van der Waals surface area contributed by atoms with Gasteiger partial charge in [0.2, 0.25) is 5.43 Å². The zero-order valence-corrected chi connectivity index (χ0v) is 13.3. The number of H-pyrrole nitrogens is 1. The van der Waals surface area contributed by atoms with Gasteiger partial charge in [-0.1, -0.05) is 0 Å². The van der Waals surface area contributed by atoms with Gasteiger partial charge in [-0.05, 0) is 6.92 Å². The van der Waals surface area contributed by atoms with Crippen LogP contribution in [0.15, 0.2) is 22.8 Å². The molecule has 0 aliphatic rings. The summed E-state index contributed by atoms with van der Waals surface area (Å²) in [5.41, 5.74) is 3.67. The average Bonchev–Trinajstić information content (AvgIpc) is 2.99. The van der Waals surface area contributed by atoms with Crippen LogP contribution in [0, 0.1) is 6.92 Å². The van der Waals surface area contributed by atoms with Crippen LogP contribution >= 0.6 is 11.3 Å². The number of ether oxygens (including phenoxy) is 1. The summed E-state index contributed by atoms with van der Waals surface area (Å²) in [6, 6.07) is 0. The van der Waals surface area contributed by atoms with Crippen molar-refractivity contribution >= 4 is 27.5 Å². The zero-order chi connectivity index (χ0) is 15.7. The zero-order valence-electron chi connectivity index (χ0n) is 12.5. The number of anilines is 1. The lowest BCUT2D eigenvalue weighted by Crippen LogP contribution is -2.24. The Bertz CT molecular complexity index is 873. The monoisotopic (exact) mass is 317 g/mol. The van der Waals surface area contributed by atoms with Gasteiger partial charge in [0.25, 0.3) is 0 Å². The van der Waals surface area contributed by atoms with Gasteiger partial charge in [0.05, 0.1) is 18.3 Å². The SMILES string of the molecule is COc1c(C)[nH]cc(CN(C)c2ncnc3scnc23)c1=O. The molecule has 0 aliphatic carbocycles. The van der Waals surface area contributed by atoms with Crippen LogP contribution in [0.2, 0.25) is 0 Å². The van der Waals surface area contributed by atoms with Gasteiger partial charge in [-0.2, -0.15) is 0 Å². The molecule has 0 aromatic carbocycles. The number of pyridine rings is 1. The number of hydrogen-bond donors (Lipinski definition) is 1. The molecule has 0 spiro atoms. The first kappa shape index (κ1) is 14.5. The molecule has 3 aromatic rings. The maximum Gasteiger partial charge on any atom is 0.228 e. The lowest BCUT2D eigenvalue weighted by Gasteiger charge is -2.18. The Labute approximate surface area is 130 Å². The van der Waals surface area contributed by atoms with Gasteiger partial charge in [0.15, 0.2) is 11.6 Å². The molecule has 22 heavy (non-hydrogen) atoms. The van der Waals surface area contributed by atoms with Crippen molar-refractivity contribution in [3.05, 3.63) is 39.5 Å². The van der Waals surface area contributed by atoms with Crippen molar-refractivity contribution in [1.29, 1.82) is 0 Å². The highest BCUT2D eigenvalue weighted by Gasteiger charge is 2.15. The molecule has 0 bridgehead atoms. The highest BCUT2D eigenvalue weighted by Crippen LogP contribution is 2.24. The second-order valence-electron chi connectivity index (χ2n) is 4.86. The summed E-state index contributed by atoms with van der Waals surface area (Å²) in [6.07, 6.45) is 3.21. The van der Waals surface area contributed by atoms with Crippen molar-refractivity contribution in [3.8, 4) is 5.75 Å². The van der Waals surface area contributed by atoms with Crippen molar-refractivity contribution in [2.24, 2.45) is 0 Å². The Morgan fingerprint density at radius 3 is 2.95 bits per heavy atom. The number of nitrogens with zero attached hydrogens (tertiary/aromatic N) is 4. The number of aromatic amines is 1. The van der Waals surface area contributed by atoms with Crippen LogP contribution < -0.4 is 15.1 Å². The van der Waals surface area contributed by atoms with Crippen LogP contribution in [0.25, 0.3) is 10.3 Å². The summed E-state index contributed by atoms with van der Waals surface area (Å²) in [4.78, 5) is 30.9. The highest BCUT2D eigenvalue weighted by molar-refractivity contribution is 7.16. The maximum atomic E-state index is 12.4. The molecule has 0 saturated carbocycles. The van der Waals surface area contributed by atoms with Gasteiger partial charge in [-0.25, -0.2) is 15.0 Å². The number of methoxy groups -OCH3 is 1. The standard InChI is InChI=1S/C14H15N5O2S/c1-8-12(21-3)11(20)9(4-15-8)5-19(2)13-10-14(17-6-16-13)22-7-18-10/h4,6-7H,5H2,1-3H3,(H,15,20). The maximum absolute atomic E-state index is 12.4. The molecular weight excluding hydrogens is 302 g/mol. The minimum atomic E-state index is -0.117. The molecular formula is C14H15N5O2S. The summed E-state index contributed by atoms with van der Waals surface area (Å²) in [5, 5.41) is 0. The smallest absolute Gasteiger partial charge is 0.228 e. The number of thiazole rings is 1. The summed E-state index contributed by atoms with van der Waals surface area (Å²) in [6.45, 7) is 2.20. The second-order valence-corrected chi connectivity index (χ2v) is 5.69.